The summed E-state index contributed by atoms with van der Waals surface area (Å²) in [5, 5.41) is 0. The molecule has 0 bridgehead atoms. The molecular formula is C27H36N6O4. The Morgan fingerprint density at radius 2 is 1.73 bits per heavy atom. The highest BCUT2D eigenvalue weighted by Crippen LogP contribution is 2.34. The van der Waals surface area contributed by atoms with Crippen LogP contribution in [-0.2, 0) is 9.53 Å². The monoisotopic (exact) mass is 508 g/mol. The van der Waals surface area contributed by atoms with Crippen molar-refractivity contribution in [2.45, 2.75) is 62.7 Å². The number of morpholine rings is 1. The van der Waals surface area contributed by atoms with Crippen molar-refractivity contribution in [1.82, 2.24) is 19.9 Å². The van der Waals surface area contributed by atoms with Gasteiger partial charge in [-0.05, 0) is 44.6 Å². The second-order valence-electron chi connectivity index (χ2n) is 10.6. The first-order valence-corrected chi connectivity index (χ1v) is 13.5. The maximum absolute atomic E-state index is 12.6. The van der Waals surface area contributed by atoms with Crippen molar-refractivity contribution in [3.63, 3.8) is 0 Å². The number of carbonyl (C=O) groups is 1. The van der Waals surface area contributed by atoms with E-state index in [9.17, 15) is 4.79 Å². The maximum atomic E-state index is 12.6. The molecule has 2 aromatic heterocycles. The molecule has 6 rings (SSSR count). The molecule has 3 aliphatic heterocycles. The number of methoxy groups -OCH3 is 1. The first-order chi connectivity index (χ1) is 18.1. The fourth-order valence-electron chi connectivity index (χ4n) is 5.86. The Balaban J connectivity index is 1.01. The second-order valence-corrected chi connectivity index (χ2v) is 10.6. The number of amides is 1. The number of piperidine rings is 2. The van der Waals surface area contributed by atoms with Crippen molar-refractivity contribution in [1.29, 1.82) is 0 Å². The summed E-state index contributed by atoms with van der Waals surface area (Å²) in [7, 11) is 1.54. The number of ether oxygens (including phenoxy) is 3. The van der Waals surface area contributed by atoms with E-state index < -0.39 is 0 Å². The minimum atomic E-state index is -0.378. The summed E-state index contributed by atoms with van der Waals surface area (Å²) < 4.78 is 17.4. The van der Waals surface area contributed by atoms with E-state index in [-0.39, 0.29) is 24.2 Å². The number of aromatic nitrogens is 3. The van der Waals surface area contributed by atoms with Gasteiger partial charge in [0.05, 0.1) is 43.5 Å². The van der Waals surface area contributed by atoms with Crippen LogP contribution in [0.5, 0.6) is 11.8 Å². The zero-order valence-corrected chi connectivity index (χ0v) is 21.6. The number of likely N-dealkylation sites (tertiary alicyclic amines) is 1. The number of pyridine rings is 1. The summed E-state index contributed by atoms with van der Waals surface area (Å²) in [6.45, 7) is 4.47. The molecule has 10 heteroatoms. The molecule has 4 aliphatic rings. The van der Waals surface area contributed by atoms with Crippen LogP contribution >= 0.6 is 0 Å². The second kappa shape index (κ2) is 10.4. The predicted octanol–water partition coefficient (Wildman–Crippen LogP) is 2.68. The molecule has 0 N–H and O–H groups in total. The maximum Gasteiger partial charge on any atom is 0.254 e. The first kappa shape index (κ1) is 24.4. The number of hydrogen-bond donors (Lipinski definition) is 0. The molecule has 1 amide bonds. The zero-order valence-electron chi connectivity index (χ0n) is 21.6. The SMILES string of the molecule is COc1cnc(N2CC3(CCN(c4ccc(OC5CCN(C6CCC6)CC5)nc4)CC3)OCC2=O)cn1. The van der Waals surface area contributed by atoms with Gasteiger partial charge in [0.1, 0.15) is 12.7 Å². The van der Waals surface area contributed by atoms with Gasteiger partial charge in [-0.25, -0.2) is 15.0 Å². The average molecular weight is 509 g/mol. The Morgan fingerprint density at radius 1 is 0.946 bits per heavy atom. The van der Waals surface area contributed by atoms with Crippen molar-refractivity contribution in [3.05, 3.63) is 30.7 Å². The number of anilines is 2. The molecule has 0 atom stereocenters. The number of carbonyl (C=O) groups excluding carboxylic acids is 1. The molecule has 0 aromatic carbocycles. The third kappa shape index (κ3) is 5.22. The fourth-order valence-corrected chi connectivity index (χ4v) is 5.86. The van der Waals surface area contributed by atoms with E-state index in [1.165, 1.54) is 25.5 Å². The minimum Gasteiger partial charge on any atom is -0.480 e. The minimum absolute atomic E-state index is 0.0564. The van der Waals surface area contributed by atoms with E-state index in [0.717, 1.165) is 63.6 Å². The van der Waals surface area contributed by atoms with Crippen LogP contribution in [0.1, 0.15) is 44.9 Å². The van der Waals surface area contributed by atoms with Crippen LogP contribution in [0.15, 0.2) is 30.7 Å². The number of nitrogens with zero attached hydrogens (tertiary/aromatic N) is 6. The van der Waals surface area contributed by atoms with E-state index in [0.29, 0.717) is 24.1 Å². The Morgan fingerprint density at radius 3 is 2.35 bits per heavy atom. The van der Waals surface area contributed by atoms with Gasteiger partial charge < -0.3 is 24.0 Å². The Bertz CT molecular complexity index is 1060. The van der Waals surface area contributed by atoms with Gasteiger partial charge in [-0.2, -0.15) is 0 Å². The highest BCUT2D eigenvalue weighted by atomic mass is 16.5. The lowest BCUT2D eigenvalue weighted by molar-refractivity contribution is -0.141. The number of hydrogen-bond acceptors (Lipinski definition) is 9. The first-order valence-electron chi connectivity index (χ1n) is 13.5. The van der Waals surface area contributed by atoms with E-state index in [1.54, 1.807) is 18.2 Å². The van der Waals surface area contributed by atoms with E-state index in [2.05, 4.69) is 30.8 Å². The molecule has 1 aliphatic carbocycles. The smallest absolute Gasteiger partial charge is 0.254 e. The molecule has 1 saturated carbocycles. The molecule has 5 heterocycles. The molecule has 198 valence electrons. The summed E-state index contributed by atoms with van der Waals surface area (Å²) in [5.74, 6) is 1.57. The molecule has 4 fully saturated rings. The fraction of sp³-hybridized carbons (Fsp3) is 0.630. The quantitative estimate of drug-likeness (QED) is 0.584. The van der Waals surface area contributed by atoms with Crippen molar-refractivity contribution in [3.8, 4) is 11.8 Å². The van der Waals surface area contributed by atoms with Crippen molar-refractivity contribution >= 4 is 17.4 Å². The summed E-state index contributed by atoms with van der Waals surface area (Å²) in [6.07, 6.45) is 13.2. The summed E-state index contributed by atoms with van der Waals surface area (Å²) in [4.78, 5) is 32.4. The molecule has 3 saturated heterocycles. The lowest BCUT2D eigenvalue weighted by atomic mass is 9.89. The van der Waals surface area contributed by atoms with E-state index in [4.69, 9.17) is 14.2 Å². The molecule has 0 unspecified atom stereocenters. The largest absolute Gasteiger partial charge is 0.480 e. The Labute approximate surface area is 217 Å². The third-order valence-electron chi connectivity index (χ3n) is 8.46. The predicted molar refractivity (Wildman–Crippen MR) is 138 cm³/mol. The topological polar surface area (TPSA) is 93.1 Å². The molecule has 37 heavy (non-hydrogen) atoms. The van der Waals surface area contributed by atoms with Crippen LogP contribution in [0.4, 0.5) is 11.5 Å². The van der Waals surface area contributed by atoms with Crippen LogP contribution in [0, 0.1) is 0 Å². The highest BCUT2D eigenvalue weighted by molar-refractivity contribution is 5.94. The standard InChI is InChI=1S/C27H36N6O4/c1-35-25-17-28-23(16-30-25)33-19-27(36-18-26(33)34)9-13-32(14-10-27)21-5-6-24(29-15-21)37-22-7-11-31(12-8-22)20-3-2-4-20/h5-6,15-17,20,22H,2-4,7-14,18-19H2,1H3. The Kier molecular flexibility index (Phi) is 6.86. The highest BCUT2D eigenvalue weighted by Gasteiger charge is 2.43. The average Bonchev–Trinajstić information content (AvgIpc) is 2.91. The number of rotatable bonds is 6. The van der Waals surface area contributed by atoms with Gasteiger partial charge in [0, 0.05) is 38.3 Å². The van der Waals surface area contributed by atoms with Gasteiger partial charge in [-0.1, -0.05) is 6.42 Å². The zero-order chi connectivity index (χ0) is 25.2. The van der Waals surface area contributed by atoms with Gasteiger partial charge >= 0.3 is 0 Å². The lowest BCUT2D eigenvalue weighted by Crippen LogP contribution is -2.59. The molecule has 2 aromatic rings. The van der Waals surface area contributed by atoms with Crippen molar-refractivity contribution in [2.75, 3.05) is 56.2 Å². The molecule has 10 nitrogen and oxygen atoms in total. The van der Waals surface area contributed by atoms with Crippen LogP contribution in [0.2, 0.25) is 0 Å². The lowest BCUT2D eigenvalue weighted by Gasteiger charge is -2.47. The summed E-state index contributed by atoms with van der Waals surface area (Å²) >= 11 is 0. The van der Waals surface area contributed by atoms with Crippen LogP contribution in [0.3, 0.4) is 0 Å². The van der Waals surface area contributed by atoms with Crippen molar-refractivity contribution < 1.29 is 19.0 Å². The van der Waals surface area contributed by atoms with Gasteiger partial charge in [0.25, 0.3) is 5.91 Å². The van der Waals surface area contributed by atoms with Gasteiger partial charge in [0.2, 0.25) is 11.8 Å². The van der Waals surface area contributed by atoms with E-state index in [1.807, 2.05) is 12.3 Å². The van der Waals surface area contributed by atoms with Gasteiger partial charge in [0.15, 0.2) is 5.82 Å². The molecular weight excluding hydrogens is 472 g/mol. The third-order valence-corrected chi connectivity index (χ3v) is 8.46. The van der Waals surface area contributed by atoms with Gasteiger partial charge in [-0.15, -0.1) is 0 Å². The van der Waals surface area contributed by atoms with Crippen LogP contribution < -0.4 is 19.3 Å². The molecule has 1 spiro atoms. The normalized spacial score (nSPS) is 23.2. The van der Waals surface area contributed by atoms with Crippen molar-refractivity contribution in [2.24, 2.45) is 0 Å². The Hall–Kier alpha value is -2.98. The molecule has 0 radical (unpaired) electrons. The van der Waals surface area contributed by atoms with E-state index >= 15 is 0 Å². The summed E-state index contributed by atoms with van der Waals surface area (Å²) in [5.41, 5.74) is 0.711. The summed E-state index contributed by atoms with van der Waals surface area (Å²) in [6, 6.07) is 4.92. The van der Waals surface area contributed by atoms with Gasteiger partial charge in [-0.3, -0.25) is 9.69 Å². The van der Waals surface area contributed by atoms with Crippen LogP contribution in [0.25, 0.3) is 0 Å². The van der Waals surface area contributed by atoms with Crippen LogP contribution in [-0.4, -0.2) is 89.9 Å².